The standard InChI is InChI=1S/C29H29N5O10/c1-5-42-28(36)26-16(2)31-29(37)32-27(26)17-6-10-22(24(12-17)41-4)43-15-25(35)33-30-14-19-8-11-21(44-19)20-9-7-18(34(38)39)13-23(20)40-3/h6-14,27H,5,15H2,1-4H3,(H,33,35)(H2,31,32,37)/b30-14-/t27-/m0/s1. The van der Waals surface area contributed by atoms with E-state index in [-0.39, 0.29) is 35.1 Å². The number of rotatable bonds is 12. The lowest BCUT2D eigenvalue weighted by Gasteiger charge is -2.28. The van der Waals surface area contributed by atoms with Gasteiger partial charge < -0.3 is 34.0 Å². The Kier molecular flexibility index (Phi) is 9.80. The number of hydrogen-bond donors (Lipinski definition) is 3. The highest BCUT2D eigenvalue weighted by Crippen LogP contribution is 2.35. The average Bonchev–Trinajstić information content (AvgIpc) is 3.47. The topological polar surface area (TPSA) is 193 Å². The molecule has 0 spiro atoms. The van der Waals surface area contributed by atoms with E-state index in [0.717, 1.165) is 0 Å². The van der Waals surface area contributed by atoms with E-state index in [1.54, 1.807) is 44.2 Å². The molecule has 0 fully saturated rings. The van der Waals surface area contributed by atoms with Gasteiger partial charge in [-0.05, 0) is 49.7 Å². The predicted molar refractivity (Wildman–Crippen MR) is 155 cm³/mol. The normalized spacial score (nSPS) is 14.5. The number of methoxy groups -OCH3 is 2. The van der Waals surface area contributed by atoms with Crippen molar-refractivity contribution in [1.29, 1.82) is 0 Å². The van der Waals surface area contributed by atoms with Gasteiger partial charge in [-0.2, -0.15) is 5.10 Å². The number of carbonyl (C=O) groups excluding carboxylic acids is 3. The summed E-state index contributed by atoms with van der Waals surface area (Å²) < 4.78 is 27.1. The molecule has 1 atom stereocenters. The molecule has 0 aliphatic carbocycles. The summed E-state index contributed by atoms with van der Waals surface area (Å²) in [4.78, 5) is 47.6. The summed E-state index contributed by atoms with van der Waals surface area (Å²) in [5.74, 6) is 0.292. The van der Waals surface area contributed by atoms with Crippen LogP contribution in [0.15, 0.2) is 69.3 Å². The van der Waals surface area contributed by atoms with E-state index < -0.39 is 35.5 Å². The van der Waals surface area contributed by atoms with Crippen LogP contribution in [0.1, 0.15) is 31.2 Å². The van der Waals surface area contributed by atoms with E-state index in [1.165, 1.54) is 38.6 Å². The van der Waals surface area contributed by atoms with Crippen LogP contribution in [0, 0.1) is 10.1 Å². The van der Waals surface area contributed by atoms with Crippen LogP contribution in [0.4, 0.5) is 10.5 Å². The summed E-state index contributed by atoms with van der Waals surface area (Å²) in [5.41, 5.74) is 3.85. The van der Waals surface area contributed by atoms with Gasteiger partial charge in [0.05, 0.1) is 55.2 Å². The Bertz CT molecular complexity index is 1640. The number of carbonyl (C=O) groups is 3. The molecule has 3 amide bonds. The fourth-order valence-corrected chi connectivity index (χ4v) is 4.31. The molecule has 4 rings (SSSR count). The Morgan fingerprint density at radius 3 is 2.57 bits per heavy atom. The van der Waals surface area contributed by atoms with Crippen molar-refractivity contribution in [3.05, 3.63) is 81.2 Å². The number of nitrogens with one attached hydrogen (secondary N) is 3. The number of nitro benzene ring substituents is 1. The minimum Gasteiger partial charge on any atom is -0.496 e. The Labute approximate surface area is 250 Å². The monoisotopic (exact) mass is 607 g/mol. The molecule has 0 radical (unpaired) electrons. The first-order chi connectivity index (χ1) is 21.1. The molecule has 0 saturated carbocycles. The van der Waals surface area contributed by atoms with E-state index in [4.69, 9.17) is 23.4 Å². The molecular weight excluding hydrogens is 578 g/mol. The van der Waals surface area contributed by atoms with Gasteiger partial charge in [0.15, 0.2) is 18.1 Å². The number of hydrogen-bond acceptors (Lipinski definition) is 11. The van der Waals surface area contributed by atoms with Crippen molar-refractivity contribution in [2.24, 2.45) is 5.10 Å². The van der Waals surface area contributed by atoms with Gasteiger partial charge in [0, 0.05) is 11.8 Å². The molecule has 2 heterocycles. The molecule has 0 bridgehead atoms. The summed E-state index contributed by atoms with van der Waals surface area (Å²) in [6.45, 7) is 3.05. The minimum absolute atomic E-state index is 0.122. The quantitative estimate of drug-likeness (QED) is 0.119. The number of hydrazone groups is 1. The van der Waals surface area contributed by atoms with Crippen LogP contribution in [0.5, 0.6) is 17.2 Å². The first-order valence-electron chi connectivity index (χ1n) is 13.2. The molecule has 0 unspecified atom stereocenters. The maximum atomic E-state index is 12.6. The van der Waals surface area contributed by atoms with Crippen LogP contribution in [0.25, 0.3) is 11.3 Å². The van der Waals surface area contributed by atoms with E-state index in [2.05, 4.69) is 21.2 Å². The highest BCUT2D eigenvalue weighted by molar-refractivity contribution is 5.95. The second kappa shape index (κ2) is 13.9. The smallest absolute Gasteiger partial charge is 0.338 e. The SMILES string of the molecule is CCOC(=O)C1=C(C)NC(=O)N[C@H]1c1ccc(OCC(=O)N/N=C\c2ccc(-c3ccc([N+](=O)[O-])cc3OC)o2)c(OC)c1. The summed E-state index contributed by atoms with van der Waals surface area (Å²) in [5, 5.41) is 20.2. The maximum absolute atomic E-state index is 12.6. The molecule has 15 heteroatoms. The number of nitro groups is 1. The van der Waals surface area contributed by atoms with Crippen molar-refractivity contribution in [3.63, 3.8) is 0 Å². The van der Waals surface area contributed by atoms with Crippen molar-refractivity contribution in [3.8, 4) is 28.6 Å². The average molecular weight is 608 g/mol. The predicted octanol–water partition coefficient (Wildman–Crippen LogP) is 3.59. The van der Waals surface area contributed by atoms with Gasteiger partial charge in [0.1, 0.15) is 17.3 Å². The summed E-state index contributed by atoms with van der Waals surface area (Å²) >= 11 is 0. The zero-order chi connectivity index (χ0) is 31.8. The third-order valence-electron chi connectivity index (χ3n) is 6.31. The van der Waals surface area contributed by atoms with Crippen LogP contribution >= 0.6 is 0 Å². The van der Waals surface area contributed by atoms with Gasteiger partial charge in [-0.3, -0.25) is 14.9 Å². The third-order valence-corrected chi connectivity index (χ3v) is 6.31. The Balaban J connectivity index is 1.38. The van der Waals surface area contributed by atoms with Crippen LogP contribution < -0.4 is 30.3 Å². The van der Waals surface area contributed by atoms with Crippen LogP contribution in [0.2, 0.25) is 0 Å². The first kappa shape index (κ1) is 31.1. The Morgan fingerprint density at radius 1 is 1.09 bits per heavy atom. The molecule has 44 heavy (non-hydrogen) atoms. The fraction of sp³-hybridized carbons (Fsp3) is 0.241. The number of allylic oxidation sites excluding steroid dienone is 1. The molecule has 0 saturated heterocycles. The van der Waals surface area contributed by atoms with Gasteiger partial charge >= 0.3 is 12.0 Å². The molecule has 3 aromatic rings. The second-order valence-electron chi connectivity index (χ2n) is 9.13. The number of urea groups is 1. The third kappa shape index (κ3) is 7.13. The molecule has 15 nitrogen and oxygen atoms in total. The van der Waals surface area contributed by atoms with Gasteiger partial charge in [-0.1, -0.05) is 6.07 Å². The molecule has 3 N–H and O–H groups in total. The highest BCUT2D eigenvalue weighted by atomic mass is 16.6. The summed E-state index contributed by atoms with van der Waals surface area (Å²) in [7, 11) is 2.80. The Hall–Kier alpha value is -5.86. The summed E-state index contributed by atoms with van der Waals surface area (Å²) in [6.07, 6.45) is 1.28. The second-order valence-corrected chi connectivity index (χ2v) is 9.13. The zero-order valence-electron chi connectivity index (χ0n) is 24.2. The lowest BCUT2D eigenvalue weighted by atomic mass is 9.95. The van der Waals surface area contributed by atoms with Crippen molar-refractivity contribution in [1.82, 2.24) is 16.1 Å². The van der Waals surface area contributed by atoms with Gasteiger partial charge in [0.25, 0.3) is 11.6 Å². The molecular formula is C29H29N5O10. The largest absolute Gasteiger partial charge is 0.496 e. The number of amides is 3. The van der Waals surface area contributed by atoms with Gasteiger partial charge in [-0.25, -0.2) is 15.0 Å². The van der Waals surface area contributed by atoms with Crippen LogP contribution in [-0.2, 0) is 14.3 Å². The zero-order valence-corrected chi connectivity index (χ0v) is 24.2. The lowest BCUT2D eigenvalue weighted by molar-refractivity contribution is -0.384. The lowest BCUT2D eigenvalue weighted by Crippen LogP contribution is -2.45. The molecule has 1 aliphatic rings. The number of nitrogens with zero attached hydrogens (tertiary/aromatic N) is 2. The molecule has 1 aromatic heterocycles. The fourth-order valence-electron chi connectivity index (χ4n) is 4.31. The van der Waals surface area contributed by atoms with Crippen molar-refractivity contribution >= 4 is 29.8 Å². The number of ether oxygens (including phenoxy) is 4. The van der Waals surface area contributed by atoms with Crippen LogP contribution in [-0.4, -0.2) is 56.5 Å². The molecule has 1 aliphatic heterocycles. The van der Waals surface area contributed by atoms with Crippen molar-refractivity contribution < 1.29 is 42.7 Å². The number of benzene rings is 2. The van der Waals surface area contributed by atoms with Crippen LogP contribution in [0.3, 0.4) is 0 Å². The highest BCUT2D eigenvalue weighted by Gasteiger charge is 2.32. The van der Waals surface area contributed by atoms with E-state index in [1.807, 2.05) is 0 Å². The summed E-state index contributed by atoms with van der Waals surface area (Å²) in [6, 6.07) is 10.9. The van der Waals surface area contributed by atoms with E-state index in [9.17, 15) is 24.5 Å². The van der Waals surface area contributed by atoms with Gasteiger partial charge in [0.2, 0.25) is 0 Å². The first-order valence-corrected chi connectivity index (χ1v) is 13.2. The number of esters is 1. The van der Waals surface area contributed by atoms with Crippen molar-refractivity contribution in [2.75, 3.05) is 27.4 Å². The minimum atomic E-state index is -0.799. The number of non-ortho nitro benzene ring substituents is 1. The van der Waals surface area contributed by atoms with E-state index >= 15 is 0 Å². The van der Waals surface area contributed by atoms with E-state index in [0.29, 0.717) is 28.3 Å². The molecule has 230 valence electrons. The maximum Gasteiger partial charge on any atom is 0.338 e. The molecule has 2 aromatic carbocycles. The van der Waals surface area contributed by atoms with Crippen molar-refractivity contribution in [2.45, 2.75) is 19.9 Å². The number of furan rings is 1. The van der Waals surface area contributed by atoms with Gasteiger partial charge in [-0.15, -0.1) is 0 Å². The Morgan fingerprint density at radius 2 is 1.86 bits per heavy atom.